The van der Waals surface area contributed by atoms with Crippen LogP contribution >= 0.6 is 11.8 Å². The quantitative estimate of drug-likeness (QED) is 0.228. The van der Waals surface area contributed by atoms with Gasteiger partial charge in [0.15, 0.2) is 12.4 Å². The van der Waals surface area contributed by atoms with Crippen LogP contribution in [0.5, 0.6) is 0 Å². The van der Waals surface area contributed by atoms with Crippen molar-refractivity contribution >= 4 is 28.5 Å². The maximum atomic E-state index is 13.3. The molecule has 0 aliphatic carbocycles. The van der Waals surface area contributed by atoms with Crippen LogP contribution in [-0.2, 0) is 30.3 Å². The van der Waals surface area contributed by atoms with Crippen molar-refractivity contribution in [2.24, 2.45) is 0 Å². The molecule has 6 atom stereocenters. The molecule has 2 saturated heterocycles. The van der Waals surface area contributed by atoms with Gasteiger partial charge in [-0.05, 0) is 40.3 Å². The molecular weight excluding hydrogens is 524 g/mol. The van der Waals surface area contributed by atoms with E-state index in [2.05, 4.69) is 37.3 Å². The second-order valence-corrected chi connectivity index (χ2v) is 11.2. The highest BCUT2D eigenvalue weighted by Gasteiger charge is 2.52. The van der Waals surface area contributed by atoms with Gasteiger partial charge < -0.3 is 23.7 Å². The molecule has 7 heteroatoms. The molecule has 0 radical (unpaired) electrons. The largest absolute Gasteiger partial charge is 0.452 e. The average molecular weight is 557 g/mol. The summed E-state index contributed by atoms with van der Waals surface area (Å²) in [6.07, 6.45) is -2.69. The average Bonchev–Trinajstić information content (AvgIpc) is 3.01. The number of thioether (sulfide) groups is 1. The molecule has 40 heavy (non-hydrogen) atoms. The van der Waals surface area contributed by atoms with Crippen LogP contribution in [0.2, 0.25) is 0 Å². The zero-order chi connectivity index (χ0) is 27.3. The summed E-state index contributed by atoms with van der Waals surface area (Å²) in [4.78, 5) is 13.3. The van der Waals surface area contributed by atoms with Crippen molar-refractivity contribution in [3.63, 3.8) is 0 Å². The van der Waals surface area contributed by atoms with Gasteiger partial charge in [-0.15, -0.1) is 11.8 Å². The number of carbonyl (C=O) groups excluding carboxylic acids is 1. The highest BCUT2D eigenvalue weighted by molar-refractivity contribution is 7.99. The van der Waals surface area contributed by atoms with E-state index in [4.69, 9.17) is 23.7 Å². The number of benzene rings is 4. The third-order valence-corrected chi connectivity index (χ3v) is 8.24. The van der Waals surface area contributed by atoms with Gasteiger partial charge >= 0.3 is 5.97 Å². The molecule has 2 aliphatic heterocycles. The molecule has 0 saturated carbocycles. The smallest absolute Gasteiger partial charge is 0.338 e. The Bertz CT molecular complexity index is 1410. The standard InChI is InChI=1S/C33H32O6S/c1-2-40-33-30(38-31(34)24-12-5-3-6-13-24)29(35-20-22-17-18-23-11-9-10-16-26(23)19-22)28-27(37-33)21-36-32(39-28)25-14-7-4-8-15-25/h3-19,27-30,32-33H,2,20-21H2,1H3/t27-,28-,29+,30+,32?,33+/m1/s1. The van der Waals surface area contributed by atoms with Crippen molar-refractivity contribution in [2.75, 3.05) is 12.4 Å². The van der Waals surface area contributed by atoms with Gasteiger partial charge in [0.2, 0.25) is 0 Å². The first-order chi connectivity index (χ1) is 19.7. The molecule has 0 N–H and O–H groups in total. The molecular formula is C33H32O6S. The number of carbonyl (C=O) groups is 1. The topological polar surface area (TPSA) is 63.2 Å². The number of hydrogen-bond acceptors (Lipinski definition) is 7. The first kappa shape index (κ1) is 27.0. The van der Waals surface area contributed by atoms with E-state index in [-0.39, 0.29) is 6.10 Å². The summed E-state index contributed by atoms with van der Waals surface area (Å²) >= 11 is 1.59. The summed E-state index contributed by atoms with van der Waals surface area (Å²) in [7, 11) is 0. The summed E-state index contributed by atoms with van der Waals surface area (Å²) in [6.45, 7) is 2.74. The van der Waals surface area contributed by atoms with Crippen LogP contribution in [0.4, 0.5) is 0 Å². The number of esters is 1. The minimum atomic E-state index is -0.686. The zero-order valence-electron chi connectivity index (χ0n) is 22.3. The van der Waals surface area contributed by atoms with Crippen molar-refractivity contribution in [1.82, 2.24) is 0 Å². The molecule has 4 aromatic carbocycles. The van der Waals surface area contributed by atoms with Crippen molar-refractivity contribution in [2.45, 2.75) is 49.7 Å². The third kappa shape index (κ3) is 5.94. The monoisotopic (exact) mass is 556 g/mol. The second kappa shape index (κ2) is 12.5. The van der Waals surface area contributed by atoms with E-state index in [0.717, 1.165) is 22.3 Å². The fourth-order valence-electron chi connectivity index (χ4n) is 5.23. The van der Waals surface area contributed by atoms with Gasteiger partial charge in [-0.25, -0.2) is 4.79 Å². The number of fused-ring (bicyclic) bond motifs is 2. The van der Waals surface area contributed by atoms with Crippen LogP contribution in [0.25, 0.3) is 10.8 Å². The van der Waals surface area contributed by atoms with Gasteiger partial charge in [-0.3, -0.25) is 0 Å². The molecule has 206 valence electrons. The predicted octanol–water partition coefficient (Wildman–Crippen LogP) is 6.54. The zero-order valence-corrected chi connectivity index (χ0v) is 23.1. The summed E-state index contributed by atoms with van der Waals surface area (Å²) < 4.78 is 31.9. The SMILES string of the molecule is CCS[C@@H]1O[C@@H]2COC(c3ccccc3)O[C@H]2[C@H](OCc2ccc3ccccc3c2)[C@@H]1OC(=O)c1ccccc1. The maximum absolute atomic E-state index is 13.3. The molecule has 2 fully saturated rings. The Morgan fingerprint density at radius 3 is 2.35 bits per heavy atom. The van der Waals surface area contributed by atoms with Gasteiger partial charge in [0.1, 0.15) is 23.7 Å². The lowest BCUT2D eigenvalue weighted by Gasteiger charge is -2.48. The Morgan fingerprint density at radius 2 is 1.57 bits per heavy atom. The van der Waals surface area contributed by atoms with Gasteiger partial charge in [-0.2, -0.15) is 0 Å². The van der Waals surface area contributed by atoms with Gasteiger partial charge in [0.25, 0.3) is 0 Å². The summed E-state index contributed by atoms with van der Waals surface area (Å²) in [5.41, 5.74) is 1.99. The first-order valence-corrected chi connectivity index (χ1v) is 14.7. The van der Waals surface area contributed by atoms with E-state index in [1.54, 1.807) is 23.9 Å². The van der Waals surface area contributed by atoms with Crippen LogP contribution in [0.1, 0.15) is 34.7 Å². The molecule has 0 amide bonds. The fourth-order valence-corrected chi connectivity index (χ4v) is 6.18. The van der Waals surface area contributed by atoms with Crippen LogP contribution in [0, 0.1) is 0 Å². The molecule has 6 rings (SSSR count). The Balaban J connectivity index is 1.30. The minimum absolute atomic E-state index is 0.335. The van der Waals surface area contributed by atoms with Gasteiger partial charge in [0.05, 0.1) is 18.8 Å². The maximum Gasteiger partial charge on any atom is 0.338 e. The van der Waals surface area contributed by atoms with E-state index in [9.17, 15) is 4.79 Å². The van der Waals surface area contributed by atoms with Crippen LogP contribution < -0.4 is 0 Å². The molecule has 6 nitrogen and oxygen atoms in total. The fraction of sp³-hybridized carbons (Fsp3) is 0.303. The molecule has 4 aromatic rings. The molecule has 0 aromatic heterocycles. The van der Waals surface area contributed by atoms with E-state index in [1.807, 2.05) is 60.7 Å². The Morgan fingerprint density at radius 1 is 0.850 bits per heavy atom. The van der Waals surface area contributed by atoms with Crippen LogP contribution in [0.15, 0.2) is 103 Å². The van der Waals surface area contributed by atoms with Crippen molar-refractivity contribution in [3.8, 4) is 0 Å². The first-order valence-electron chi connectivity index (χ1n) is 13.6. The highest BCUT2D eigenvalue weighted by Crippen LogP contribution is 2.39. The van der Waals surface area contributed by atoms with E-state index in [1.165, 1.54) is 5.39 Å². The summed E-state index contributed by atoms with van der Waals surface area (Å²) in [6, 6.07) is 33.4. The third-order valence-electron chi connectivity index (χ3n) is 7.20. The van der Waals surface area contributed by atoms with E-state index in [0.29, 0.717) is 18.8 Å². The van der Waals surface area contributed by atoms with Crippen LogP contribution in [-0.4, -0.2) is 48.2 Å². The normalized spacial score (nSPS) is 26.2. The minimum Gasteiger partial charge on any atom is -0.452 e. The van der Waals surface area contributed by atoms with E-state index >= 15 is 0 Å². The predicted molar refractivity (Wildman–Crippen MR) is 155 cm³/mol. The summed E-state index contributed by atoms with van der Waals surface area (Å²) in [5.74, 6) is 0.369. The second-order valence-electron chi connectivity index (χ2n) is 9.87. The van der Waals surface area contributed by atoms with Gasteiger partial charge in [0, 0.05) is 5.56 Å². The lowest BCUT2D eigenvalue weighted by molar-refractivity contribution is -0.324. The van der Waals surface area contributed by atoms with Crippen LogP contribution in [0.3, 0.4) is 0 Å². The number of rotatable bonds is 8. The lowest BCUT2D eigenvalue weighted by Crippen LogP contribution is -2.62. The number of ether oxygens (including phenoxy) is 5. The lowest BCUT2D eigenvalue weighted by atomic mass is 9.98. The Kier molecular flexibility index (Phi) is 8.46. The molecule has 2 heterocycles. The van der Waals surface area contributed by atoms with Crippen molar-refractivity contribution in [1.29, 1.82) is 0 Å². The molecule has 1 unspecified atom stereocenters. The molecule has 0 spiro atoms. The molecule has 0 bridgehead atoms. The van der Waals surface area contributed by atoms with Crippen molar-refractivity contribution in [3.05, 3.63) is 120 Å². The highest BCUT2D eigenvalue weighted by atomic mass is 32.2. The molecule has 2 aliphatic rings. The Labute approximate surface area is 238 Å². The van der Waals surface area contributed by atoms with Crippen molar-refractivity contribution < 1.29 is 28.5 Å². The Hall–Kier alpha value is -3.20. The number of hydrogen-bond donors (Lipinski definition) is 0. The van der Waals surface area contributed by atoms with Gasteiger partial charge in [-0.1, -0.05) is 91.9 Å². The summed E-state index contributed by atoms with van der Waals surface area (Å²) in [5, 5.41) is 2.32. The van der Waals surface area contributed by atoms with E-state index < -0.39 is 36.0 Å².